The highest BCUT2D eigenvalue weighted by atomic mass is 127. The highest BCUT2D eigenvalue weighted by molar-refractivity contribution is 14.1. The van der Waals surface area contributed by atoms with Gasteiger partial charge < -0.3 is 5.11 Å². The first kappa shape index (κ1) is 17.9. The van der Waals surface area contributed by atoms with E-state index in [2.05, 4.69) is 55.6 Å². The molecule has 0 fully saturated rings. The lowest BCUT2D eigenvalue weighted by molar-refractivity contribution is -0.137. The molecule has 0 spiro atoms. The molecule has 3 nitrogen and oxygen atoms in total. The van der Waals surface area contributed by atoms with E-state index in [4.69, 9.17) is 5.11 Å². The van der Waals surface area contributed by atoms with E-state index in [0.717, 1.165) is 10.7 Å². The maximum atomic E-state index is 12.0. The van der Waals surface area contributed by atoms with Gasteiger partial charge in [-0.05, 0) is 59.0 Å². The lowest BCUT2D eigenvalue weighted by Gasteiger charge is -2.05. The number of hydrogen-bond acceptors (Lipinski definition) is 2. The van der Waals surface area contributed by atoms with E-state index in [1.54, 1.807) is 0 Å². The van der Waals surface area contributed by atoms with E-state index >= 15 is 0 Å². The second-order valence-corrected chi connectivity index (χ2v) is 5.83. The molecule has 0 saturated heterocycles. The van der Waals surface area contributed by atoms with Crippen molar-refractivity contribution in [3.05, 3.63) is 61.9 Å². The average molecular weight is 474 g/mol. The summed E-state index contributed by atoms with van der Waals surface area (Å²) in [6.07, 6.45) is -3.72. The highest BCUT2D eigenvalue weighted by Gasteiger charge is 2.31. The summed E-state index contributed by atoms with van der Waals surface area (Å²) in [5, 5.41) is 8.35. The van der Waals surface area contributed by atoms with Gasteiger partial charge in [-0.15, -0.1) is 0 Å². The number of benzene rings is 1. The molecule has 0 aliphatic carbocycles. The van der Waals surface area contributed by atoms with E-state index in [-0.39, 0.29) is 0 Å². The van der Waals surface area contributed by atoms with Gasteiger partial charge in [-0.1, -0.05) is 15.9 Å². The molecule has 8 heteroatoms. The molecule has 1 aromatic heterocycles. The van der Waals surface area contributed by atoms with Crippen LogP contribution in [0.5, 0.6) is 0 Å². The van der Waals surface area contributed by atoms with Gasteiger partial charge in [0.1, 0.15) is 5.69 Å². The van der Waals surface area contributed by atoms with E-state index in [9.17, 15) is 18.0 Å². The van der Waals surface area contributed by atoms with Crippen LogP contribution in [0.2, 0.25) is 0 Å². The van der Waals surface area contributed by atoms with Crippen LogP contribution >= 0.6 is 38.5 Å². The molecular formula is C13H8BrF3INO2. The predicted molar refractivity (Wildman–Crippen MR) is 83.1 cm³/mol. The number of aromatic carboxylic acids is 1. The Hall–Kier alpha value is -1.16. The molecule has 0 aliphatic rings. The molecule has 0 aliphatic heterocycles. The zero-order chi connectivity index (χ0) is 16.0. The van der Waals surface area contributed by atoms with Crippen LogP contribution in [-0.2, 0) is 6.18 Å². The fourth-order valence-electron chi connectivity index (χ4n) is 1.15. The Morgan fingerprint density at radius 3 is 2.19 bits per heavy atom. The summed E-state index contributed by atoms with van der Waals surface area (Å²) in [4.78, 5) is 13.5. The zero-order valence-electron chi connectivity index (χ0n) is 10.2. The SMILES string of the molecule is Brc1ccc(I)cc1.O=C(O)c1cc(C(F)(F)F)ccn1. The van der Waals surface area contributed by atoms with Crippen molar-refractivity contribution in [1.29, 1.82) is 0 Å². The van der Waals surface area contributed by atoms with Gasteiger partial charge in [0.2, 0.25) is 0 Å². The summed E-state index contributed by atoms with van der Waals surface area (Å²) in [6.45, 7) is 0. The normalized spacial score (nSPS) is 10.5. The summed E-state index contributed by atoms with van der Waals surface area (Å²) >= 11 is 5.62. The van der Waals surface area contributed by atoms with Crippen LogP contribution < -0.4 is 0 Å². The van der Waals surface area contributed by atoms with Crippen molar-refractivity contribution in [1.82, 2.24) is 4.98 Å². The maximum absolute atomic E-state index is 12.0. The number of alkyl halides is 3. The Labute approximate surface area is 140 Å². The Kier molecular flexibility index (Phi) is 6.59. The topological polar surface area (TPSA) is 50.2 Å². The summed E-state index contributed by atoms with van der Waals surface area (Å²) in [7, 11) is 0. The highest BCUT2D eigenvalue weighted by Crippen LogP contribution is 2.28. The van der Waals surface area contributed by atoms with E-state index in [1.165, 1.54) is 3.57 Å². The Morgan fingerprint density at radius 1 is 1.19 bits per heavy atom. The summed E-state index contributed by atoms with van der Waals surface area (Å²) in [5.74, 6) is -1.48. The van der Waals surface area contributed by atoms with Crippen LogP contribution in [0.1, 0.15) is 16.1 Å². The summed E-state index contributed by atoms with van der Waals surface area (Å²) in [6, 6.07) is 9.38. The maximum Gasteiger partial charge on any atom is 0.416 e. The van der Waals surface area contributed by atoms with Gasteiger partial charge in [0.05, 0.1) is 5.56 Å². The van der Waals surface area contributed by atoms with Gasteiger partial charge in [-0.25, -0.2) is 9.78 Å². The number of nitrogens with zero attached hydrogens (tertiary/aromatic N) is 1. The second kappa shape index (κ2) is 7.74. The van der Waals surface area contributed by atoms with Crippen LogP contribution in [0.25, 0.3) is 0 Å². The van der Waals surface area contributed by atoms with Crippen LogP contribution in [0, 0.1) is 3.57 Å². The van der Waals surface area contributed by atoms with E-state index in [1.807, 2.05) is 12.1 Å². The van der Waals surface area contributed by atoms with E-state index < -0.39 is 23.4 Å². The number of halogens is 5. The molecule has 0 unspecified atom stereocenters. The van der Waals surface area contributed by atoms with Crippen molar-refractivity contribution in [2.45, 2.75) is 6.18 Å². The summed E-state index contributed by atoms with van der Waals surface area (Å²) < 4.78 is 38.4. The molecule has 1 heterocycles. The third-order valence-corrected chi connectivity index (χ3v) is 3.36. The molecule has 2 aromatic rings. The first-order valence-corrected chi connectivity index (χ1v) is 7.25. The minimum atomic E-state index is -4.53. The lowest BCUT2D eigenvalue weighted by Crippen LogP contribution is -2.08. The molecular weight excluding hydrogens is 466 g/mol. The Morgan fingerprint density at radius 2 is 1.76 bits per heavy atom. The van der Waals surface area contributed by atoms with Crippen molar-refractivity contribution in [3.63, 3.8) is 0 Å². The number of pyridine rings is 1. The number of rotatable bonds is 1. The number of hydrogen-bond donors (Lipinski definition) is 1. The van der Waals surface area contributed by atoms with Crippen molar-refractivity contribution >= 4 is 44.5 Å². The molecule has 21 heavy (non-hydrogen) atoms. The van der Waals surface area contributed by atoms with Crippen molar-refractivity contribution in [3.8, 4) is 0 Å². The predicted octanol–water partition coefficient (Wildman–Crippen LogP) is 4.85. The van der Waals surface area contributed by atoms with Crippen LogP contribution in [0.15, 0.2) is 47.1 Å². The summed E-state index contributed by atoms with van der Waals surface area (Å²) in [5.41, 5.74) is -1.63. The third kappa shape index (κ3) is 6.42. The van der Waals surface area contributed by atoms with Gasteiger partial charge in [-0.2, -0.15) is 13.2 Å². The number of carbonyl (C=O) groups is 1. The lowest BCUT2D eigenvalue weighted by atomic mass is 10.2. The van der Waals surface area contributed by atoms with Gasteiger partial charge in [0.15, 0.2) is 0 Å². The van der Waals surface area contributed by atoms with Crippen molar-refractivity contribution in [2.24, 2.45) is 0 Å². The fraction of sp³-hybridized carbons (Fsp3) is 0.0769. The minimum Gasteiger partial charge on any atom is -0.477 e. The standard InChI is InChI=1S/C7H4F3NO2.C6H4BrI/c8-7(9,10)4-1-2-11-5(3-4)6(12)13;7-5-1-3-6(8)4-2-5/h1-3H,(H,12,13);1-4H. The molecule has 0 amide bonds. The monoisotopic (exact) mass is 473 g/mol. The van der Waals surface area contributed by atoms with Crippen LogP contribution in [-0.4, -0.2) is 16.1 Å². The van der Waals surface area contributed by atoms with Gasteiger partial charge in [-0.3, -0.25) is 0 Å². The molecule has 0 bridgehead atoms. The molecule has 0 atom stereocenters. The third-order valence-electron chi connectivity index (χ3n) is 2.11. The van der Waals surface area contributed by atoms with E-state index in [0.29, 0.717) is 12.1 Å². The molecule has 1 aromatic carbocycles. The minimum absolute atomic E-state index is 0.488. The number of carboxylic acid groups (broad SMARTS) is 1. The van der Waals surface area contributed by atoms with Crippen molar-refractivity contribution < 1.29 is 23.1 Å². The first-order valence-electron chi connectivity index (χ1n) is 5.38. The van der Waals surface area contributed by atoms with Crippen LogP contribution in [0.3, 0.4) is 0 Å². The number of aromatic nitrogens is 1. The van der Waals surface area contributed by atoms with Crippen LogP contribution in [0.4, 0.5) is 13.2 Å². The van der Waals surface area contributed by atoms with Gasteiger partial charge in [0, 0.05) is 14.2 Å². The van der Waals surface area contributed by atoms with Gasteiger partial charge >= 0.3 is 12.1 Å². The largest absolute Gasteiger partial charge is 0.477 e. The quantitative estimate of drug-likeness (QED) is 0.602. The molecule has 0 saturated carbocycles. The molecule has 1 N–H and O–H groups in total. The zero-order valence-corrected chi connectivity index (χ0v) is 14.0. The average Bonchev–Trinajstić information content (AvgIpc) is 2.42. The van der Waals surface area contributed by atoms with Crippen molar-refractivity contribution in [2.75, 3.05) is 0 Å². The fourth-order valence-corrected chi connectivity index (χ4v) is 1.78. The molecule has 2 rings (SSSR count). The first-order chi connectivity index (χ1) is 9.70. The Bertz CT molecular complexity index is 597. The molecule has 112 valence electrons. The number of carboxylic acids is 1. The Balaban J connectivity index is 0.000000235. The van der Waals surface area contributed by atoms with Gasteiger partial charge in [0.25, 0.3) is 0 Å². The second-order valence-electron chi connectivity index (χ2n) is 3.67. The smallest absolute Gasteiger partial charge is 0.416 e. The molecule has 0 radical (unpaired) electrons.